The summed E-state index contributed by atoms with van der Waals surface area (Å²) in [7, 11) is 1.00. The number of thiocarbonyl (C=S) groups is 2. The van der Waals surface area contributed by atoms with Crippen molar-refractivity contribution in [3.63, 3.8) is 0 Å². The van der Waals surface area contributed by atoms with Crippen LogP contribution in [-0.4, -0.2) is 47.0 Å². The molecule has 0 aliphatic rings. The van der Waals surface area contributed by atoms with Crippen molar-refractivity contribution in [2.75, 3.05) is 20.2 Å². The largest absolute Gasteiger partial charge is 2.00 e. The van der Waals surface area contributed by atoms with Gasteiger partial charge in [-0.3, -0.25) is 10.2 Å². The number of aliphatic hydroxyl groups excluding tert-OH is 1. The average molecular weight is 396 g/mol. The van der Waals surface area contributed by atoms with Crippen molar-refractivity contribution in [3.05, 3.63) is 23.5 Å². The van der Waals surface area contributed by atoms with Crippen molar-refractivity contribution in [2.45, 2.75) is 20.8 Å². The van der Waals surface area contributed by atoms with Crippen LogP contribution in [-0.2, 0) is 19.5 Å². The second-order valence-electron chi connectivity index (χ2n) is 3.38. The first-order chi connectivity index (χ1) is 10.0. The van der Waals surface area contributed by atoms with E-state index < -0.39 is 0 Å². The Morgan fingerprint density at radius 2 is 1.50 bits per heavy atom. The van der Waals surface area contributed by atoms with Gasteiger partial charge in [0.15, 0.2) is 0 Å². The van der Waals surface area contributed by atoms with Crippen LogP contribution >= 0.6 is 24.4 Å². The van der Waals surface area contributed by atoms with Gasteiger partial charge in [0.2, 0.25) is 0 Å². The molecule has 0 aliphatic carbocycles. The van der Waals surface area contributed by atoms with Crippen LogP contribution in [0.4, 0.5) is 0 Å². The van der Waals surface area contributed by atoms with E-state index in [-0.39, 0.29) is 19.5 Å². The molecule has 0 unspecified atom stereocenters. The van der Waals surface area contributed by atoms with Crippen LogP contribution < -0.4 is 10.6 Å². The van der Waals surface area contributed by atoms with Gasteiger partial charge in [-0.1, -0.05) is 44.0 Å². The van der Waals surface area contributed by atoms with Crippen LogP contribution in [0.2, 0.25) is 0 Å². The number of nitrogens with one attached hydrogen (secondary N) is 2. The van der Waals surface area contributed by atoms with E-state index in [0.717, 1.165) is 7.11 Å². The van der Waals surface area contributed by atoms with E-state index in [1.807, 2.05) is 6.92 Å². The van der Waals surface area contributed by atoms with Gasteiger partial charge in [-0.25, -0.2) is 0 Å². The van der Waals surface area contributed by atoms with E-state index in [4.69, 9.17) is 29.5 Å². The third-order valence-electron chi connectivity index (χ3n) is 1.83. The van der Waals surface area contributed by atoms with Gasteiger partial charge in [0, 0.05) is 17.3 Å². The van der Waals surface area contributed by atoms with E-state index in [2.05, 4.69) is 38.3 Å². The summed E-state index contributed by atoms with van der Waals surface area (Å²) in [4.78, 5) is 0. The minimum atomic E-state index is 0. The van der Waals surface area contributed by atoms with E-state index in [9.17, 15) is 0 Å². The molecule has 3 N–H and O–H groups in total. The molecule has 0 radical (unpaired) electrons. The second kappa shape index (κ2) is 18.1. The minimum Gasteiger partial charge on any atom is -0.472 e. The van der Waals surface area contributed by atoms with Gasteiger partial charge < -0.3 is 26.6 Å². The molecule has 0 aromatic carbocycles. The summed E-state index contributed by atoms with van der Waals surface area (Å²) < 4.78 is 0. The van der Waals surface area contributed by atoms with Crippen molar-refractivity contribution in [3.8, 4) is 0 Å². The first-order valence-electron chi connectivity index (χ1n) is 6.13. The Bertz CT molecular complexity index is 401. The topological polar surface area (TPSA) is 97.2 Å². The maximum absolute atomic E-state index is 7.00. The SMILES string of the molecule is C=CCNC(=S)[N-]/N=C(C)/C(C)=N/[N-]C(=S)NCC.CO.[Zn+2]. The molecular weight excluding hydrogens is 374 g/mol. The fourth-order valence-electron chi connectivity index (χ4n) is 0.767. The molecule has 7 nitrogen and oxygen atoms in total. The minimum absolute atomic E-state index is 0. The van der Waals surface area contributed by atoms with Crippen molar-refractivity contribution in [1.29, 1.82) is 0 Å². The van der Waals surface area contributed by atoms with E-state index in [1.54, 1.807) is 19.9 Å². The summed E-state index contributed by atoms with van der Waals surface area (Å²) in [6, 6.07) is 0. The van der Waals surface area contributed by atoms with Crippen LogP contribution in [0.1, 0.15) is 20.8 Å². The van der Waals surface area contributed by atoms with Gasteiger partial charge in [-0.2, -0.15) is 0 Å². The standard InChI is InChI=1S/C11H20N6S2.CH4O.Zn/c1-5-7-13-11(19)17-15-9(4)8(3)14-16-10(18)12-6-2;1-2;/h5H,1,6-7H2,2-4H3,(H4,12,13,14,15,16,17,18,19);2H,1H3;/q;;+2/p-2. The molecule has 0 rings (SSSR count). The number of rotatable bonds is 6. The zero-order valence-electron chi connectivity index (χ0n) is 13.5. The molecule has 0 heterocycles. The molecule has 0 saturated heterocycles. The van der Waals surface area contributed by atoms with Crippen molar-refractivity contribution >= 4 is 46.1 Å². The molecule has 120 valence electrons. The normalized spacial score (nSPS) is 10.2. The van der Waals surface area contributed by atoms with Gasteiger partial charge in [0.1, 0.15) is 0 Å². The molecule has 0 aromatic rings. The van der Waals surface area contributed by atoms with Crippen LogP contribution in [0.25, 0.3) is 10.9 Å². The Kier molecular flexibility index (Phi) is 21.4. The quantitative estimate of drug-likeness (QED) is 0.210. The van der Waals surface area contributed by atoms with E-state index in [0.29, 0.717) is 34.7 Å². The monoisotopic (exact) mass is 394 g/mol. The summed E-state index contributed by atoms with van der Waals surface area (Å²) in [6.07, 6.45) is 1.69. The number of aliphatic hydroxyl groups is 1. The van der Waals surface area contributed by atoms with Crippen LogP contribution in [0.3, 0.4) is 0 Å². The summed E-state index contributed by atoms with van der Waals surface area (Å²) >= 11 is 9.86. The molecule has 0 spiro atoms. The zero-order chi connectivity index (χ0) is 16.7. The maximum Gasteiger partial charge on any atom is 2.00 e. The second-order valence-corrected chi connectivity index (χ2v) is 4.15. The van der Waals surface area contributed by atoms with Crippen LogP contribution in [0, 0.1) is 0 Å². The Morgan fingerprint density at radius 1 is 1.09 bits per heavy atom. The van der Waals surface area contributed by atoms with Crippen LogP contribution in [0.5, 0.6) is 0 Å². The predicted octanol–water partition coefficient (Wildman–Crippen LogP) is 2.05. The van der Waals surface area contributed by atoms with Gasteiger partial charge in [-0.05, 0) is 20.4 Å². The first kappa shape index (κ1) is 26.0. The molecular formula is C12H22N6OS2Zn. The molecule has 0 fully saturated rings. The van der Waals surface area contributed by atoms with Gasteiger partial charge in [-0.15, -0.1) is 6.58 Å². The molecule has 10 heteroatoms. The molecule has 0 amide bonds. The molecule has 0 aromatic heterocycles. The predicted molar refractivity (Wildman–Crippen MR) is 98.2 cm³/mol. The Balaban J connectivity index is -0.00000115. The van der Waals surface area contributed by atoms with Crippen molar-refractivity contribution in [1.82, 2.24) is 10.6 Å². The maximum atomic E-state index is 7.00. The van der Waals surface area contributed by atoms with Crippen LogP contribution in [0.15, 0.2) is 22.9 Å². The van der Waals surface area contributed by atoms with Gasteiger partial charge in [0.25, 0.3) is 0 Å². The fourth-order valence-corrected chi connectivity index (χ4v) is 1.08. The van der Waals surface area contributed by atoms with E-state index >= 15 is 0 Å². The number of hydrogen-bond acceptors (Lipinski definition) is 5. The van der Waals surface area contributed by atoms with Crippen molar-refractivity contribution < 1.29 is 24.6 Å². The molecule has 0 atom stereocenters. The summed E-state index contributed by atoms with van der Waals surface area (Å²) in [5, 5.41) is 21.2. The third-order valence-corrected chi connectivity index (χ3v) is 2.28. The average Bonchev–Trinajstić information content (AvgIpc) is 2.50. The Labute approximate surface area is 155 Å². The number of hydrogen-bond donors (Lipinski definition) is 3. The molecule has 0 aliphatic heterocycles. The molecule has 0 saturated carbocycles. The smallest absolute Gasteiger partial charge is 0.472 e. The van der Waals surface area contributed by atoms with Gasteiger partial charge in [0.05, 0.1) is 11.4 Å². The molecule has 0 bridgehead atoms. The fraction of sp³-hybridized carbons (Fsp3) is 0.500. The third kappa shape index (κ3) is 15.4. The Hall–Kier alpha value is -0.957. The number of nitrogens with zero attached hydrogens (tertiary/aromatic N) is 4. The zero-order valence-corrected chi connectivity index (χ0v) is 18.1. The van der Waals surface area contributed by atoms with E-state index in [1.165, 1.54) is 0 Å². The Morgan fingerprint density at radius 3 is 1.86 bits per heavy atom. The summed E-state index contributed by atoms with van der Waals surface area (Å²) in [6.45, 7) is 10.3. The van der Waals surface area contributed by atoms with Crippen molar-refractivity contribution in [2.24, 2.45) is 10.2 Å². The summed E-state index contributed by atoms with van der Waals surface area (Å²) in [5.74, 6) is 0. The molecule has 22 heavy (non-hydrogen) atoms. The first-order valence-corrected chi connectivity index (χ1v) is 6.95. The summed E-state index contributed by atoms with van der Waals surface area (Å²) in [5.41, 5.74) is 8.91. The van der Waals surface area contributed by atoms with Gasteiger partial charge >= 0.3 is 19.5 Å².